The van der Waals surface area contributed by atoms with E-state index < -0.39 is 5.97 Å². The average Bonchev–Trinajstić information content (AvgIpc) is 2.50. The van der Waals surface area contributed by atoms with E-state index in [4.69, 9.17) is 5.11 Å². The highest BCUT2D eigenvalue weighted by atomic mass is 32.2. The van der Waals surface area contributed by atoms with E-state index in [0.717, 1.165) is 5.16 Å². The minimum absolute atomic E-state index is 0.0219. The van der Waals surface area contributed by atoms with Crippen LogP contribution in [0.3, 0.4) is 0 Å². The molecule has 1 aromatic rings. The lowest BCUT2D eigenvalue weighted by molar-refractivity contribution is -0.140. The molecule has 78 valence electrons. The molecular weight excluding hydrogens is 200 g/mol. The molecule has 0 radical (unpaired) electrons. The number of carboxylic acid groups (broad SMARTS) is 1. The second-order valence-corrected chi connectivity index (χ2v) is 4.62. The van der Waals surface area contributed by atoms with Gasteiger partial charge in [0.05, 0.1) is 5.92 Å². The number of aryl methyl sites for hydroxylation is 1. The van der Waals surface area contributed by atoms with E-state index in [9.17, 15) is 4.79 Å². The summed E-state index contributed by atoms with van der Waals surface area (Å²) in [7, 11) is 1.90. The quantitative estimate of drug-likeness (QED) is 0.774. The Bertz CT molecular complexity index is 324. The molecule has 0 saturated heterocycles. The maximum atomic E-state index is 10.7. The van der Waals surface area contributed by atoms with Crippen LogP contribution in [0.25, 0.3) is 0 Å². The summed E-state index contributed by atoms with van der Waals surface area (Å²) < 4.78 is 1.88. The van der Waals surface area contributed by atoms with Gasteiger partial charge in [0.2, 0.25) is 0 Å². The molecule has 0 saturated carbocycles. The summed E-state index contributed by atoms with van der Waals surface area (Å²) in [6.45, 7) is 3.61. The third kappa shape index (κ3) is 2.51. The molecule has 0 aliphatic heterocycles. The first-order valence-electron chi connectivity index (χ1n) is 4.39. The second kappa shape index (κ2) is 4.50. The Kier molecular flexibility index (Phi) is 3.57. The van der Waals surface area contributed by atoms with E-state index in [1.165, 1.54) is 11.8 Å². The molecule has 14 heavy (non-hydrogen) atoms. The van der Waals surface area contributed by atoms with Crippen LogP contribution < -0.4 is 0 Å². The summed E-state index contributed by atoms with van der Waals surface area (Å²) in [5, 5.41) is 9.68. The zero-order valence-electron chi connectivity index (χ0n) is 8.47. The standard InChI is InChI=1S/C9H14N2O2S/c1-6(8(12)13)7(2)14-9-10-4-5-11(9)3/h4-7H,1-3H3,(H,12,13). The van der Waals surface area contributed by atoms with Gasteiger partial charge in [0, 0.05) is 24.7 Å². The highest BCUT2D eigenvalue weighted by Gasteiger charge is 2.21. The first kappa shape index (κ1) is 11.1. The predicted octanol–water partition coefficient (Wildman–Crippen LogP) is 1.62. The average molecular weight is 214 g/mol. The molecule has 1 heterocycles. The van der Waals surface area contributed by atoms with Gasteiger partial charge in [-0.05, 0) is 0 Å². The number of rotatable bonds is 4. The smallest absolute Gasteiger partial charge is 0.307 e. The topological polar surface area (TPSA) is 55.1 Å². The van der Waals surface area contributed by atoms with E-state index in [2.05, 4.69) is 4.98 Å². The lowest BCUT2D eigenvalue weighted by Gasteiger charge is -2.14. The third-order valence-electron chi connectivity index (χ3n) is 2.16. The number of imidazole rings is 1. The fourth-order valence-electron chi connectivity index (χ4n) is 0.935. The van der Waals surface area contributed by atoms with Crippen molar-refractivity contribution < 1.29 is 9.90 Å². The number of hydrogen-bond donors (Lipinski definition) is 1. The molecule has 4 nitrogen and oxygen atoms in total. The fourth-order valence-corrected chi connectivity index (χ4v) is 1.94. The summed E-state index contributed by atoms with van der Waals surface area (Å²) in [6, 6.07) is 0. The SMILES string of the molecule is CC(Sc1nccn1C)C(C)C(=O)O. The van der Waals surface area contributed by atoms with Gasteiger partial charge in [-0.1, -0.05) is 25.6 Å². The van der Waals surface area contributed by atoms with Gasteiger partial charge in [-0.3, -0.25) is 4.79 Å². The highest BCUT2D eigenvalue weighted by Crippen LogP contribution is 2.26. The monoisotopic (exact) mass is 214 g/mol. The van der Waals surface area contributed by atoms with Crippen LogP contribution in [0.2, 0.25) is 0 Å². The van der Waals surface area contributed by atoms with Crippen molar-refractivity contribution in [3.8, 4) is 0 Å². The normalized spacial score (nSPS) is 15.1. The van der Waals surface area contributed by atoms with Crippen LogP contribution in [0.1, 0.15) is 13.8 Å². The molecule has 1 rings (SSSR count). The molecule has 0 spiro atoms. The van der Waals surface area contributed by atoms with Gasteiger partial charge in [-0.2, -0.15) is 0 Å². The second-order valence-electron chi connectivity index (χ2n) is 3.27. The van der Waals surface area contributed by atoms with Gasteiger partial charge < -0.3 is 9.67 Å². The summed E-state index contributed by atoms with van der Waals surface area (Å²) >= 11 is 1.48. The van der Waals surface area contributed by atoms with Crippen molar-refractivity contribution in [1.82, 2.24) is 9.55 Å². The van der Waals surface area contributed by atoms with Crippen molar-refractivity contribution in [3.05, 3.63) is 12.4 Å². The summed E-state index contributed by atoms with van der Waals surface area (Å²) in [5.74, 6) is -1.13. The van der Waals surface area contributed by atoms with Gasteiger partial charge in [0.15, 0.2) is 5.16 Å². The molecular formula is C9H14N2O2S. The van der Waals surface area contributed by atoms with Crippen LogP contribution in [0.15, 0.2) is 17.6 Å². The van der Waals surface area contributed by atoms with Crippen LogP contribution in [0, 0.1) is 5.92 Å². The minimum atomic E-state index is -0.765. The highest BCUT2D eigenvalue weighted by molar-refractivity contribution is 7.99. The molecule has 0 aliphatic carbocycles. The lowest BCUT2D eigenvalue weighted by atomic mass is 10.1. The third-order valence-corrected chi connectivity index (χ3v) is 3.55. The zero-order valence-corrected chi connectivity index (χ0v) is 9.28. The van der Waals surface area contributed by atoms with Crippen molar-refractivity contribution >= 4 is 17.7 Å². The number of carbonyl (C=O) groups is 1. The van der Waals surface area contributed by atoms with Crippen molar-refractivity contribution in [1.29, 1.82) is 0 Å². The molecule has 2 atom stereocenters. The Morgan fingerprint density at radius 2 is 2.29 bits per heavy atom. The molecule has 1 aromatic heterocycles. The zero-order chi connectivity index (χ0) is 10.7. The van der Waals surface area contributed by atoms with E-state index >= 15 is 0 Å². The van der Waals surface area contributed by atoms with Crippen LogP contribution in [-0.2, 0) is 11.8 Å². The van der Waals surface area contributed by atoms with Gasteiger partial charge in [0.25, 0.3) is 0 Å². The van der Waals surface area contributed by atoms with Crippen molar-refractivity contribution in [2.45, 2.75) is 24.3 Å². The number of nitrogens with zero attached hydrogens (tertiary/aromatic N) is 2. The van der Waals surface area contributed by atoms with E-state index in [1.54, 1.807) is 13.1 Å². The first-order valence-corrected chi connectivity index (χ1v) is 5.27. The molecule has 0 bridgehead atoms. The van der Waals surface area contributed by atoms with Crippen molar-refractivity contribution in [3.63, 3.8) is 0 Å². The van der Waals surface area contributed by atoms with Crippen LogP contribution in [0.5, 0.6) is 0 Å². The Balaban J connectivity index is 2.61. The maximum absolute atomic E-state index is 10.7. The molecule has 0 amide bonds. The van der Waals surface area contributed by atoms with Gasteiger partial charge >= 0.3 is 5.97 Å². The van der Waals surface area contributed by atoms with E-state index in [1.807, 2.05) is 24.7 Å². The minimum Gasteiger partial charge on any atom is -0.481 e. The van der Waals surface area contributed by atoms with Crippen LogP contribution in [-0.4, -0.2) is 25.9 Å². The molecule has 1 N–H and O–H groups in total. The Morgan fingerprint density at radius 3 is 2.71 bits per heavy atom. The van der Waals surface area contributed by atoms with Crippen LogP contribution in [0.4, 0.5) is 0 Å². The van der Waals surface area contributed by atoms with Gasteiger partial charge in [-0.25, -0.2) is 4.98 Å². The summed E-state index contributed by atoms with van der Waals surface area (Å²) in [4.78, 5) is 14.8. The van der Waals surface area contributed by atoms with Gasteiger partial charge in [-0.15, -0.1) is 0 Å². The molecule has 5 heteroatoms. The molecule has 0 aromatic carbocycles. The van der Waals surface area contributed by atoms with Crippen molar-refractivity contribution in [2.75, 3.05) is 0 Å². The summed E-state index contributed by atoms with van der Waals surface area (Å²) in [5.41, 5.74) is 0. The number of aromatic nitrogens is 2. The number of aliphatic carboxylic acids is 1. The van der Waals surface area contributed by atoms with E-state index in [-0.39, 0.29) is 11.2 Å². The molecule has 0 aliphatic rings. The Morgan fingerprint density at radius 1 is 1.64 bits per heavy atom. The van der Waals surface area contributed by atoms with Gasteiger partial charge in [0.1, 0.15) is 0 Å². The number of thioether (sulfide) groups is 1. The number of hydrogen-bond acceptors (Lipinski definition) is 3. The Hall–Kier alpha value is -0.970. The molecule has 0 fully saturated rings. The maximum Gasteiger partial charge on any atom is 0.307 e. The summed E-state index contributed by atoms with van der Waals surface area (Å²) in [6.07, 6.45) is 3.56. The van der Waals surface area contributed by atoms with Crippen LogP contribution >= 0.6 is 11.8 Å². The predicted molar refractivity (Wildman–Crippen MR) is 55.3 cm³/mol. The molecule has 2 unspecified atom stereocenters. The van der Waals surface area contributed by atoms with Crippen molar-refractivity contribution in [2.24, 2.45) is 13.0 Å². The Labute approximate surface area is 87.3 Å². The largest absolute Gasteiger partial charge is 0.481 e. The fraction of sp³-hybridized carbons (Fsp3) is 0.556. The lowest BCUT2D eigenvalue weighted by Crippen LogP contribution is -2.20. The number of carboxylic acids is 1. The first-order chi connectivity index (χ1) is 6.52. The van der Waals surface area contributed by atoms with E-state index in [0.29, 0.717) is 0 Å².